The second kappa shape index (κ2) is 4.32. The van der Waals surface area contributed by atoms with Crippen LogP contribution in [-0.2, 0) is 14.3 Å². The fourth-order valence-corrected chi connectivity index (χ4v) is 4.26. The number of esters is 1. The standard InChI is InChI=1S/C16H22O3/c1-6-12-9-13(17)16(14(18)19-5)10(2)7-8-15(16,4)11(12)3/h6,9-11H,1,7-8H2,2-5H3. The molecular weight excluding hydrogens is 240 g/mol. The topological polar surface area (TPSA) is 43.4 Å². The summed E-state index contributed by atoms with van der Waals surface area (Å²) in [5.41, 5.74) is -0.469. The van der Waals surface area contributed by atoms with E-state index in [2.05, 4.69) is 13.5 Å². The first kappa shape index (κ1) is 14.0. The summed E-state index contributed by atoms with van der Waals surface area (Å²) in [6, 6.07) is 0. The Morgan fingerprint density at radius 2 is 2.16 bits per heavy atom. The average molecular weight is 262 g/mol. The summed E-state index contributed by atoms with van der Waals surface area (Å²) >= 11 is 0. The van der Waals surface area contributed by atoms with Crippen molar-refractivity contribution in [2.75, 3.05) is 7.11 Å². The van der Waals surface area contributed by atoms with Gasteiger partial charge in [-0.2, -0.15) is 0 Å². The van der Waals surface area contributed by atoms with Crippen molar-refractivity contribution < 1.29 is 14.3 Å². The summed E-state index contributed by atoms with van der Waals surface area (Å²) < 4.78 is 5.00. The Morgan fingerprint density at radius 3 is 2.68 bits per heavy atom. The van der Waals surface area contributed by atoms with E-state index in [-0.39, 0.29) is 29.0 Å². The van der Waals surface area contributed by atoms with Crippen LogP contribution in [0.25, 0.3) is 0 Å². The Hall–Kier alpha value is -1.38. The van der Waals surface area contributed by atoms with Crippen molar-refractivity contribution in [1.29, 1.82) is 0 Å². The highest BCUT2D eigenvalue weighted by Gasteiger charge is 2.68. The second-order valence-electron chi connectivity index (χ2n) is 6.09. The van der Waals surface area contributed by atoms with E-state index in [4.69, 9.17) is 4.74 Å². The predicted molar refractivity (Wildman–Crippen MR) is 73.4 cm³/mol. The predicted octanol–water partition coefficient (Wildman–Crippen LogP) is 2.91. The monoisotopic (exact) mass is 262 g/mol. The third kappa shape index (κ3) is 1.44. The van der Waals surface area contributed by atoms with Crippen LogP contribution in [0.1, 0.15) is 33.6 Å². The molecule has 0 aromatic heterocycles. The van der Waals surface area contributed by atoms with Crippen LogP contribution in [-0.4, -0.2) is 18.9 Å². The lowest BCUT2D eigenvalue weighted by Crippen LogP contribution is -2.56. The maximum Gasteiger partial charge on any atom is 0.320 e. The minimum absolute atomic E-state index is 0.0162. The van der Waals surface area contributed by atoms with Gasteiger partial charge in [0.25, 0.3) is 0 Å². The highest BCUT2D eigenvalue weighted by atomic mass is 16.5. The van der Waals surface area contributed by atoms with Gasteiger partial charge in [0.05, 0.1) is 7.11 Å². The molecule has 2 aliphatic rings. The number of ketones is 1. The molecule has 0 N–H and O–H groups in total. The van der Waals surface area contributed by atoms with Gasteiger partial charge in [-0.05, 0) is 41.7 Å². The fourth-order valence-electron chi connectivity index (χ4n) is 4.26. The molecule has 104 valence electrons. The fraction of sp³-hybridized carbons (Fsp3) is 0.625. The van der Waals surface area contributed by atoms with E-state index in [1.54, 1.807) is 12.2 Å². The van der Waals surface area contributed by atoms with Gasteiger partial charge in [0.1, 0.15) is 5.41 Å². The average Bonchev–Trinajstić information content (AvgIpc) is 2.68. The van der Waals surface area contributed by atoms with E-state index in [1.807, 2.05) is 13.8 Å². The first-order chi connectivity index (χ1) is 8.86. The highest BCUT2D eigenvalue weighted by molar-refractivity contribution is 6.12. The molecule has 2 rings (SSSR count). The van der Waals surface area contributed by atoms with E-state index in [9.17, 15) is 9.59 Å². The smallest absolute Gasteiger partial charge is 0.320 e. The van der Waals surface area contributed by atoms with Gasteiger partial charge in [-0.3, -0.25) is 9.59 Å². The van der Waals surface area contributed by atoms with Crippen LogP contribution in [0.3, 0.4) is 0 Å². The van der Waals surface area contributed by atoms with Crippen molar-refractivity contribution in [1.82, 2.24) is 0 Å². The first-order valence-corrected chi connectivity index (χ1v) is 6.83. The van der Waals surface area contributed by atoms with Crippen LogP contribution >= 0.6 is 0 Å². The Labute approximate surface area is 114 Å². The zero-order valence-corrected chi connectivity index (χ0v) is 12.2. The summed E-state index contributed by atoms with van der Waals surface area (Å²) in [6.07, 6.45) is 5.07. The lowest BCUT2D eigenvalue weighted by molar-refractivity contribution is -0.170. The Morgan fingerprint density at radius 1 is 1.53 bits per heavy atom. The number of hydrogen-bond donors (Lipinski definition) is 0. The van der Waals surface area contributed by atoms with Crippen LogP contribution in [0.5, 0.6) is 0 Å². The lowest BCUT2D eigenvalue weighted by atomic mass is 9.52. The minimum atomic E-state index is -1.02. The molecule has 3 nitrogen and oxygen atoms in total. The third-order valence-electron chi connectivity index (χ3n) is 5.62. The molecule has 0 amide bonds. The summed E-state index contributed by atoms with van der Waals surface area (Å²) in [6.45, 7) is 9.90. The molecule has 0 bridgehead atoms. The molecule has 2 aliphatic carbocycles. The molecule has 3 heteroatoms. The van der Waals surface area contributed by atoms with E-state index >= 15 is 0 Å². The third-order valence-corrected chi connectivity index (χ3v) is 5.62. The molecule has 0 radical (unpaired) electrons. The van der Waals surface area contributed by atoms with Crippen LogP contribution < -0.4 is 0 Å². The molecule has 1 saturated carbocycles. The zero-order valence-electron chi connectivity index (χ0n) is 12.2. The summed E-state index contributed by atoms with van der Waals surface area (Å²) in [7, 11) is 1.37. The second-order valence-corrected chi connectivity index (χ2v) is 6.09. The molecule has 0 aromatic carbocycles. The number of fused-ring (bicyclic) bond motifs is 1. The lowest BCUT2D eigenvalue weighted by Gasteiger charge is -2.48. The molecule has 4 atom stereocenters. The molecule has 0 aliphatic heterocycles. The van der Waals surface area contributed by atoms with Crippen molar-refractivity contribution in [3.8, 4) is 0 Å². The van der Waals surface area contributed by atoms with Gasteiger partial charge < -0.3 is 4.74 Å². The quantitative estimate of drug-likeness (QED) is 0.567. The van der Waals surface area contributed by atoms with Crippen molar-refractivity contribution in [2.45, 2.75) is 33.6 Å². The van der Waals surface area contributed by atoms with Crippen molar-refractivity contribution in [2.24, 2.45) is 22.7 Å². The maximum absolute atomic E-state index is 12.7. The van der Waals surface area contributed by atoms with E-state index < -0.39 is 5.41 Å². The molecule has 0 spiro atoms. The summed E-state index contributed by atoms with van der Waals surface area (Å²) in [5, 5.41) is 0. The van der Waals surface area contributed by atoms with Gasteiger partial charge in [-0.1, -0.05) is 33.4 Å². The molecule has 0 heterocycles. The van der Waals surface area contributed by atoms with Crippen molar-refractivity contribution >= 4 is 11.8 Å². The number of carbonyl (C=O) groups excluding carboxylic acids is 2. The Balaban J connectivity index is 2.70. The molecule has 19 heavy (non-hydrogen) atoms. The Kier molecular flexibility index (Phi) is 3.20. The normalized spacial score (nSPS) is 41.5. The number of allylic oxidation sites excluding steroid dienone is 3. The van der Waals surface area contributed by atoms with E-state index in [1.165, 1.54) is 7.11 Å². The molecule has 4 unspecified atom stereocenters. The molecular formula is C16H22O3. The van der Waals surface area contributed by atoms with Gasteiger partial charge >= 0.3 is 5.97 Å². The summed E-state index contributed by atoms with van der Waals surface area (Å²) in [5.74, 6) is -0.342. The van der Waals surface area contributed by atoms with Crippen LogP contribution in [0.4, 0.5) is 0 Å². The van der Waals surface area contributed by atoms with Crippen molar-refractivity contribution in [3.63, 3.8) is 0 Å². The number of rotatable bonds is 2. The first-order valence-electron chi connectivity index (χ1n) is 6.83. The molecule has 1 fully saturated rings. The number of methoxy groups -OCH3 is 1. The Bertz CT molecular complexity index is 476. The number of ether oxygens (including phenoxy) is 1. The summed E-state index contributed by atoms with van der Waals surface area (Å²) in [4.78, 5) is 25.1. The van der Waals surface area contributed by atoms with Gasteiger partial charge in [0.2, 0.25) is 0 Å². The van der Waals surface area contributed by atoms with Crippen LogP contribution in [0, 0.1) is 22.7 Å². The van der Waals surface area contributed by atoms with Crippen LogP contribution in [0.15, 0.2) is 24.3 Å². The van der Waals surface area contributed by atoms with Crippen LogP contribution in [0.2, 0.25) is 0 Å². The molecule has 0 saturated heterocycles. The van der Waals surface area contributed by atoms with Gasteiger partial charge in [-0.25, -0.2) is 0 Å². The SMILES string of the molecule is C=CC1=CC(=O)C2(C(=O)OC)C(C)CCC2(C)C1C. The van der Waals surface area contributed by atoms with Gasteiger partial charge in [0.15, 0.2) is 5.78 Å². The maximum atomic E-state index is 12.7. The van der Waals surface area contributed by atoms with Gasteiger partial charge in [-0.15, -0.1) is 0 Å². The minimum Gasteiger partial charge on any atom is -0.468 e. The largest absolute Gasteiger partial charge is 0.468 e. The van der Waals surface area contributed by atoms with E-state index in [0.717, 1.165) is 18.4 Å². The number of hydrogen-bond acceptors (Lipinski definition) is 3. The van der Waals surface area contributed by atoms with Gasteiger partial charge in [0, 0.05) is 0 Å². The number of carbonyl (C=O) groups is 2. The van der Waals surface area contributed by atoms with Crippen molar-refractivity contribution in [3.05, 3.63) is 24.3 Å². The van der Waals surface area contributed by atoms with E-state index in [0.29, 0.717) is 0 Å². The zero-order chi connectivity index (χ0) is 14.4. The highest BCUT2D eigenvalue weighted by Crippen LogP contribution is 2.64. The molecule has 0 aromatic rings.